The highest BCUT2D eigenvalue weighted by Crippen LogP contribution is 2.46. The molecule has 1 rings (SSSR count). The molecule has 0 aromatic carbocycles. The first-order valence-electron chi connectivity index (χ1n) is 7.98. The van der Waals surface area contributed by atoms with Gasteiger partial charge in [-0.15, -0.1) is 0 Å². The van der Waals surface area contributed by atoms with E-state index in [1.54, 1.807) is 0 Å². The minimum atomic E-state index is 0.292. The molecule has 0 radical (unpaired) electrons. The standard InChI is InChI=1S/C18H32N2/c1-7-12-18(6,17(3,4)5)16(8-2)20-14-15-11-9-10-13-19-15/h9-11,13,16,20H,7-8,12,14H2,1-6H3. The van der Waals surface area contributed by atoms with E-state index < -0.39 is 0 Å². The normalized spacial score (nSPS) is 16.7. The molecule has 2 atom stereocenters. The molecule has 0 saturated heterocycles. The van der Waals surface area contributed by atoms with Gasteiger partial charge in [0.2, 0.25) is 0 Å². The van der Waals surface area contributed by atoms with Gasteiger partial charge >= 0.3 is 0 Å². The predicted octanol–water partition coefficient (Wildman–Crippen LogP) is 4.80. The van der Waals surface area contributed by atoms with E-state index in [1.807, 2.05) is 12.3 Å². The SMILES string of the molecule is CCCC(C)(C(CC)NCc1ccccn1)C(C)(C)C. The Morgan fingerprint density at radius 2 is 1.85 bits per heavy atom. The van der Waals surface area contributed by atoms with Crippen LogP contribution in [-0.4, -0.2) is 11.0 Å². The third-order valence-corrected chi connectivity index (χ3v) is 4.92. The van der Waals surface area contributed by atoms with Crippen molar-refractivity contribution in [2.75, 3.05) is 0 Å². The van der Waals surface area contributed by atoms with Crippen LogP contribution in [0.4, 0.5) is 0 Å². The number of nitrogens with one attached hydrogen (secondary N) is 1. The Hall–Kier alpha value is -0.890. The highest BCUT2D eigenvalue weighted by molar-refractivity contribution is 5.04. The topological polar surface area (TPSA) is 24.9 Å². The molecule has 20 heavy (non-hydrogen) atoms. The predicted molar refractivity (Wildman–Crippen MR) is 87.6 cm³/mol. The van der Waals surface area contributed by atoms with Crippen LogP contribution < -0.4 is 5.32 Å². The van der Waals surface area contributed by atoms with E-state index in [-0.39, 0.29) is 0 Å². The Balaban J connectivity index is 2.81. The number of pyridine rings is 1. The van der Waals surface area contributed by atoms with Crippen LogP contribution in [0.15, 0.2) is 24.4 Å². The Labute approximate surface area is 125 Å². The molecule has 1 heterocycles. The first-order valence-corrected chi connectivity index (χ1v) is 7.98. The van der Waals surface area contributed by atoms with Crippen molar-refractivity contribution in [1.29, 1.82) is 0 Å². The van der Waals surface area contributed by atoms with Gasteiger partial charge in [0.05, 0.1) is 5.69 Å². The van der Waals surface area contributed by atoms with Crippen LogP contribution in [0.2, 0.25) is 0 Å². The van der Waals surface area contributed by atoms with Crippen molar-refractivity contribution in [1.82, 2.24) is 10.3 Å². The molecule has 0 amide bonds. The fourth-order valence-electron chi connectivity index (χ4n) is 3.14. The molecule has 1 aromatic rings. The van der Waals surface area contributed by atoms with Gasteiger partial charge in [-0.1, -0.05) is 54.0 Å². The van der Waals surface area contributed by atoms with Crippen LogP contribution in [0.25, 0.3) is 0 Å². The summed E-state index contributed by atoms with van der Waals surface area (Å²) >= 11 is 0. The lowest BCUT2D eigenvalue weighted by Gasteiger charge is -2.48. The fourth-order valence-corrected chi connectivity index (χ4v) is 3.14. The highest BCUT2D eigenvalue weighted by Gasteiger charge is 2.42. The maximum absolute atomic E-state index is 4.41. The van der Waals surface area contributed by atoms with E-state index in [0.29, 0.717) is 16.9 Å². The van der Waals surface area contributed by atoms with Crippen molar-refractivity contribution >= 4 is 0 Å². The Kier molecular flexibility index (Phi) is 6.19. The fraction of sp³-hybridized carbons (Fsp3) is 0.722. The monoisotopic (exact) mass is 276 g/mol. The zero-order chi connectivity index (χ0) is 15.2. The van der Waals surface area contributed by atoms with Crippen molar-refractivity contribution in [3.05, 3.63) is 30.1 Å². The molecular formula is C18H32N2. The van der Waals surface area contributed by atoms with Gasteiger partial charge in [0.1, 0.15) is 0 Å². The van der Waals surface area contributed by atoms with E-state index in [0.717, 1.165) is 18.7 Å². The first kappa shape index (κ1) is 17.2. The van der Waals surface area contributed by atoms with E-state index in [9.17, 15) is 0 Å². The first-order chi connectivity index (χ1) is 9.35. The van der Waals surface area contributed by atoms with Crippen molar-refractivity contribution in [3.63, 3.8) is 0 Å². The van der Waals surface area contributed by atoms with E-state index in [1.165, 1.54) is 12.8 Å². The van der Waals surface area contributed by atoms with Gasteiger partial charge in [-0.05, 0) is 35.8 Å². The molecular weight excluding hydrogens is 244 g/mol. The lowest BCUT2D eigenvalue weighted by molar-refractivity contribution is 0.0432. The summed E-state index contributed by atoms with van der Waals surface area (Å²) < 4.78 is 0. The summed E-state index contributed by atoms with van der Waals surface area (Å²) in [6.07, 6.45) is 5.51. The molecule has 2 heteroatoms. The lowest BCUT2D eigenvalue weighted by Crippen LogP contribution is -2.50. The van der Waals surface area contributed by atoms with Gasteiger partial charge in [0, 0.05) is 18.8 Å². The van der Waals surface area contributed by atoms with Gasteiger partial charge in [0.15, 0.2) is 0 Å². The van der Waals surface area contributed by atoms with Crippen LogP contribution in [0, 0.1) is 10.8 Å². The minimum absolute atomic E-state index is 0.292. The van der Waals surface area contributed by atoms with Crippen LogP contribution >= 0.6 is 0 Å². The average molecular weight is 276 g/mol. The van der Waals surface area contributed by atoms with Crippen molar-refractivity contribution in [2.24, 2.45) is 10.8 Å². The molecule has 2 unspecified atom stereocenters. The van der Waals surface area contributed by atoms with Gasteiger partial charge in [-0.25, -0.2) is 0 Å². The van der Waals surface area contributed by atoms with Crippen LogP contribution in [0.5, 0.6) is 0 Å². The van der Waals surface area contributed by atoms with E-state index in [4.69, 9.17) is 0 Å². The van der Waals surface area contributed by atoms with Gasteiger partial charge < -0.3 is 5.32 Å². The third kappa shape index (κ3) is 4.05. The Morgan fingerprint density at radius 1 is 1.15 bits per heavy atom. The second kappa shape index (κ2) is 7.21. The van der Waals surface area contributed by atoms with E-state index >= 15 is 0 Å². The molecule has 0 bridgehead atoms. The van der Waals surface area contributed by atoms with Crippen LogP contribution in [0.1, 0.15) is 66.5 Å². The smallest absolute Gasteiger partial charge is 0.0541 e. The summed E-state index contributed by atoms with van der Waals surface area (Å²) in [5.41, 5.74) is 1.71. The maximum Gasteiger partial charge on any atom is 0.0541 e. The summed E-state index contributed by atoms with van der Waals surface area (Å²) in [5.74, 6) is 0. The average Bonchev–Trinajstić information content (AvgIpc) is 2.39. The molecule has 1 N–H and O–H groups in total. The molecule has 0 aliphatic rings. The highest BCUT2D eigenvalue weighted by atomic mass is 15.0. The number of hydrogen-bond acceptors (Lipinski definition) is 2. The van der Waals surface area contributed by atoms with Crippen molar-refractivity contribution < 1.29 is 0 Å². The zero-order valence-corrected chi connectivity index (χ0v) is 14.2. The zero-order valence-electron chi connectivity index (χ0n) is 14.2. The molecule has 0 aliphatic heterocycles. The summed E-state index contributed by atoms with van der Waals surface area (Å²) in [5, 5.41) is 3.76. The largest absolute Gasteiger partial charge is 0.308 e. The number of rotatable bonds is 7. The lowest BCUT2D eigenvalue weighted by atomic mass is 9.60. The molecule has 2 nitrogen and oxygen atoms in total. The van der Waals surface area contributed by atoms with E-state index in [2.05, 4.69) is 64.0 Å². The minimum Gasteiger partial charge on any atom is -0.308 e. The number of aromatic nitrogens is 1. The number of hydrogen-bond donors (Lipinski definition) is 1. The Bertz CT molecular complexity index is 380. The maximum atomic E-state index is 4.41. The number of nitrogens with zero attached hydrogens (tertiary/aromatic N) is 1. The second-order valence-electron chi connectivity index (χ2n) is 7.08. The summed E-state index contributed by atoms with van der Waals surface area (Å²) in [6.45, 7) is 15.0. The summed E-state index contributed by atoms with van der Waals surface area (Å²) in [7, 11) is 0. The summed E-state index contributed by atoms with van der Waals surface area (Å²) in [4.78, 5) is 4.41. The molecule has 0 aliphatic carbocycles. The van der Waals surface area contributed by atoms with Crippen molar-refractivity contribution in [3.8, 4) is 0 Å². The molecule has 0 spiro atoms. The van der Waals surface area contributed by atoms with Gasteiger partial charge in [-0.2, -0.15) is 0 Å². The Morgan fingerprint density at radius 3 is 2.30 bits per heavy atom. The molecule has 114 valence electrons. The van der Waals surface area contributed by atoms with Crippen LogP contribution in [0.3, 0.4) is 0 Å². The third-order valence-electron chi connectivity index (χ3n) is 4.92. The van der Waals surface area contributed by atoms with Gasteiger partial charge in [-0.3, -0.25) is 4.98 Å². The molecule has 0 saturated carbocycles. The van der Waals surface area contributed by atoms with Gasteiger partial charge in [0.25, 0.3) is 0 Å². The molecule has 1 aromatic heterocycles. The molecule has 0 fully saturated rings. The summed E-state index contributed by atoms with van der Waals surface area (Å²) in [6, 6.07) is 6.63. The quantitative estimate of drug-likeness (QED) is 0.773. The van der Waals surface area contributed by atoms with Crippen LogP contribution in [-0.2, 0) is 6.54 Å². The second-order valence-corrected chi connectivity index (χ2v) is 7.08. The van der Waals surface area contributed by atoms with Crippen molar-refractivity contribution in [2.45, 2.75) is 73.4 Å².